The van der Waals surface area contributed by atoms with Crippen molar-refractivity contribution in [2.75, 3.05) is 5.75 Å². The van der Waals surface area contributed by atoms with Crippen LogP contribution in [-0.4, -0.2) is 21.0 Å². The molecular formula is C14H12O4S. The Kier molecular flexibility index (Phi) is 2.98. The largest absolute Gasteiger partial charge is 0.475 e. The molecule has 2 atom stereocenters. The van der Waals surface area contributed by atoms with Gasteiger partial charge in [-0.15, -0.1) is 0 Å². The van der Waals surface area contributed by atoms with E-state index in [1.807, 2.05) is 18.2 Å². The van der Waals surface area contributed by atoms with Gasteiger partial charge in [-0.3, -0.25) is 4.21 Å². The molecule has 1 aliphatic rings. The van der Waals surface area contributed by atoms with Crippen LogP contribution in [0.4, 0.5) is 0 Å². The van der Waals surface area contributed by atoms with Crippen molar-refractivity contribution in [3.05, 3.63) is 53.3 Å². The lowest BCUT2D eigenvalue weighted by Crippen LogP contribution is -2.22. The molecule has 5 heteroatoms. The van der Waals surface area contributed by atoms with Crippen molar-refractivity contribution in [2.24, 2.45) is 0 Å². The van der Waals surface area contributed by atoms with Crippen LogP contribution in [0.5, 0.6) is 0 Å². The first-order valence-corrected chi connectivity index (χ1v) is 7.26. The molecular weight excluding hydrogens is 264 g/mol. The molecule has 1 heterocycles. The van der Waals surface area contributed by atoms with Crippen molar-refractivity contribution in [3.8, 4) is 0 Å². The minimum Gasteiger partial charge on any atom is -0.475 e. The number of rotatable bonds is 4. The van der Waals surface area contributed by atoms with Gasteiger partial charge in [0.05, 0.1) is 10.8 Å². The van der Waals surface area contributed by atoms with Crippen molar-refractivity contribution in [1.82, 2.24) is 0 Å². The maximum atomic E-state index is 12.1. The Bertz CT molecular complexity index is 659. The predicted octanol–water partition coefficient (Wildman–Crippen LogP) is 2.43. The summed E-state index contributed by atoms with van der Waals surface area (Å²) in [6.45, 7) is 0. The summed E-state index contributed by atoms with van der Waals surface area (Å²) in [6, 6.07) is 10.9. The summed E-state index contributed by atoms with van der Waals surface area (Å²) < 4.78 is 17.2. The molecule has 0 fully saturated rings. The van der Waals surface area contributed by atoms with E-state index >= 15 is 0 Å². The average Bonchev–Trinajstić information content (AvgIpc) is 2.85. The molecule has 19 heavy (non-hydrogen) atoms. The Balaban J connectivity index is 1.71. The molecule has 0 radical (unpaired) electrons. The Hall–Kier alpha value is -1.88. The molecule has 0 aliphatic heterocycles. The van der Waals surface area contributed by atoms with Gasteiger partial charge in [0, 0.05) is 11.7 Å². The van der Waals surface area contributed by atoms with E-state index in [9.17, 15) is 9.00 Å². The minimum atomic E-state index is -1.30. The third kappa shape index (κ3) is 2.21. The highest BCUT2D eigenvalue weighted by atomic mass is 32.2. The summed E-state index contributed by atoms with van der Waals surface area (Å²) in [7, 11) is -1.30. The second-order valence-electron chi connectivity index (χ2n) is 4.54. The second-order valence-corrected chi connectivity index (χ2v) is 5.96. The van der Waals surface area contributed by atoms with Crippen LogP contribution in [0.15, 0.2) is 45.9 Å². The molecule has 3 rings (SSSR count). The van der Waals surface area contributed by atoms with Gasteiger partial charge in [0.2, 0.25) is 5.76 Å². The van der Waals surface area contributed by atoms with E-state index in [4.69, 9.17) is 9.52 Å². The third-order valence-corrected chi connectivity index (χ3v) is 4.70. The van der Waals surface area contributed by atoms with E-state index in [1.54, 1.807) is 0 Å². The maximum absolute atomic E-state index is 12.1. The van der Waals surface area contributed by atoms with Crippen molar-refractivity contribution in [3.63, 3.8) is 0 Å². The van der Waals surface area contributed by atoms with E-state index in [-0.39, 0.29) is 16.8 Å². The summed E-state index contributed by atoms with van der Waals surface area (Å²) in [6.07, 6.45) is 0.925. The number of fused-ring (bicyclic) bond motifs is 1. The first-order valence-electron chi connectivity index (χ1n) is 5.94. The van der Waals surface area contributed by atoms with Crippen molar-refractivity contribution in [1.29, 1.82) is 0 Å². The number of furan rings is 1. The number of aromatic carboxylic acids is 1. The van der Waals surface area contributed by atoms with Gasteiger partial charge < -0.3 is 9.52 Å². The normalized spacial score (nSPS) is 18.4. The third-order valence-electron chi connectivity index (χ3n) is 3.33. The fourth-order valence-electron chi connectivity index (χ4n) is 2.33. The molecule has 0 amide bonds. The van der Waals surface area contributed by atoms with Crippen LogP contribution in [-0.2, 0) is 17.2 Å². The summed E-state index contributed by atoms with van der Waals surface area (Å²) in [5.74, 6) is -0.561. The highest BCUT2D eigenvalue weighted by Gasteiger charge is 2.28. The zero-order chi connectivity index (χ0) is 13.4. The van der Waals surface area contributed by atoms with Crippen LogP contribution in [0.25, 0.3) is 0 Å². The van der Waals surface area contributed by atoms with Crippen LogP contribution in [0, 0.1) is 0 Å². The highest BCUT2D eigenvalue weighted by molar-refractivity contribution is 7.84. The molecule has 0 saturated heterocycles. The SMILES string of the molecule is O=C(O)c1ccc(S(=O)CC2Cc3ccccc32)o1. The standard InChI is InChI=1S/C14H12O4S/c15-14(16)12-5-6-13(18-12)19(17)8-10-7-9-3-1-2-4-11(9)10/h1-6,10H,7-8H2,(H,15,16). The fraction of sp³-hybridized carbons (Fsp3) is 0.214. The van der Waals surface area contributed by atoms with Gasteiger partial charge in [-0.05, 0) is 29.7 Å². The lowest BCUT2D eigenvalue weighted by Gasteiger charge is -2.29. The van der Waals surface area contributed by atoms with Gasteiger partial charge in [0.1, 0.15) is 0 Å². The van der Waals surface area contributed by atoms with E-state index in [2.05, 4.69) is 6.07 Å². The van der Waals surface area contributed by atoms with Gasteiger partial charge in [-0.25, -0.2) is 4.79 Å². The Morgan fingerprint density at radius 3 is 2.79 bits per heavy atom. The quantitative estimate of drug-likeness (QED) is 0.931. The molecule has 1 aromatic heterocycles. The number of carbonyl (C=O) groups is 1. The van der Waals surface area contributed by atoms with E-state index in [1.165, 1.54) is 23.3 Å². The first kappa shape index (κ1) is 12.2. The van der Waals surface area contributed by atoms with Gasteiger partial charge >= 0.3 is 5.97 Å². The zero-order valence-corrected chi connectivity index (χ0v) is 10.9. The van der Waals surface area contributed by atoms with Crippen molar-refractivity contribution in [2.45, 2.75) is 17.4 Å². The summed E-state index contributed by atoms with van der Waals surface area (Å²) >= 11 is 0. The molecule has 4 nitrogen and oxygen atoms in total. The Labute approximate surface area is 112 Å². The van der Waals surface area contributed by atoms with E-state index in [0.717, 1.165) is 6.42 Å². The Morgan fingerprint density at radius 1 is 1.32 bits per heavy atom. The van der Waals surface area contributed by atoms with Crippen LogP contribution < -0.4 is 0 Å². The zero-order valence-electron chi connectivity index (χ0n) is 10.0. The number of hydrogen-bond donors (Lipinski definition) is 1. The fourth-order valence-corrected chi connectivity index (χ4v) is 3.56. The summed E-state index contributed by atoms with van der Waals surface area (Å²) in [5.41, 5.74) is 2.54. The molecule has 0 spiro atoms. The van der Waals surface area contributed by atoms with Crippen LogP contribution >= 0.6 is 0 Å². The smallest absolute Gasteiger partial charge is 0.371 e. The van der Waals surface area contributed by atoms with Crippen molar-refractivity contribution >= 4 is 16.8 Å². The number of carboxylic acid groups (broad SMARTS) is 1. The number of carboxylic acids is 1. The molecule has 1 aliphatic carbocycles. The van der Waals surface area contributed by atoms with Crippen LogP contribution in [0.3, 0.4) is 0 Å². The number of benzene rings is 1. The first-order chi connectivity index (χ1) is 9.15. The van der Waals surface area contributed by atoms with Gasteiger partial charge in [-0.1, -0.05) is 24.3 Å². The molecule has 0 bridgehead atoms. The lowest BCUT2D eigenvalue weighted by atomic mass is 9.79. The molecule has 0 saturated carbocycles. The maximum Gasteiger partial charge on any atom is 0.371 e. The van der Waals surface area contributed by atoms with Crippen LogP contribution in [0.1, 0.15) is 27.6 Å². The molecule has 2 unspecified atom stereocenters. The lowest BCUT2D eigenvalue weighted by molar-refractivity contribution is 0.0656. The number of hydrogen-bond acceptors (Lipinski definition) is 3. The van der Waals surface area contributed by atoms with E-state index < -0.39 is 16.8 Å². The van der Waals surface area contributed by atoms with Crippen molar-refractivity contribution < 1.29 is 18.5 Å². The van der Waals surface area contributed by atoms with Gasteiger partial charge in [0.15, 0.2) is 5.09 Å². The molecule has 98 valence electrons. The minimum absolute atomic E-state index is 0.169. The second kappa shape index (κ2) is 4.66. The highest BCUT2D eigenvalue weighted by Crippen LogP contribution is 2.36. The summed E-state index contributed by atoms with van der Waals surface area (Å²) in [5, 5.41) is 8.99. The van der Waals surface area contributed by atoms with Crippen LogP contribution in [0.2, 0.25) is 0 Å². The Morgan fingerprint density at radius 2 is 2.11 bits per heavy atom. The van der Waals surface area contributed by atoms with E-state index in [0.29, 0.717) is 5.75 Å². The topological polar surface area (TPSA) is 67.5 Å². The van der Waals surface area contributed by atoms with Gasteiger partial charge in [0.25, 0.3) is 0 Å². The molecule has 1 N–H and O–H groups in total. The monoisotopic (exact) mass is 276 g/mol. The molecule has 2 aromatic rings. The van der Waals surface area contributed by atoms with Gasteiger partial charge in [-0.2, -0.15) is 0 Å². The predicted molar refractivity (Wildman–Crippen MR) is 69.8 cm³/mol. The molecule has 1 aromatic carbocycles. The average molecular weight is 276 g/mol. The summed E-state index contributed by atoms with van der Waals surface area (Å²) in [4.78, 5) is 10.7.